The van der Waals surface area contributed by atoms with Crippen LogP contribution in [0, 0.1) is 0 Å². The van der Waals surface area contributed by atoms with Crippen LogP contribution in [0.4, 0.5) is 17.1 Å². The van der Waals surface area contributed by atoms with Gasteiger partial charge in [-0.25, -0.2) is 0 Å². The molecular formula is C24H29ClN4O2. The maximum Gasteiger partial charge on any atom is 0.255 e. The molecule has 2 heterocycles. The average molecular weight is 441 g/mol. The molecule has 0 atom stereocenters. The van der Waals surface area contributed by atoms with Gasteiger partial charge in [-0.1, -0.05) is 11.6 Å². The van der Waals surface area contributed by atoms with Gasteiger partial charge >= 0.3 is 0 Å². The maximum atomic E-state index is 12.8. The van der Waals surface area contributed by atoms with Gasteiger partial charge in [-0.3, -0.25) is 14.5 Å². The first-order valence-electron chi connectivity index (χ1n) is 10.9. The lowest BCUT2D eigenvalue weighted by molar-refractivity contribution is -0.117. The van der Waals surface area contributed by atoms with Crippen LogP contribution in [0.15, 0.2) is 42.5 Å². The third-order valence-electron chi connectivity index (χ3n) is 6.12. The first kappa shape index (κ1) is 21.7. The van der Waals surface area contributed by atoms with E-state index in [-0.39, 0.29) is 11.8 Å². The van der Waals surface area contributed by atoms with Crippen molar-refractivity contribution in [1.82, 2.24) is 4.90 Å². The van der Waals surface area contributed by atoms with Crippen molar-refractivity contribution in [3.8, 4) is 0 Å². The highest BCUT2D eigenvalue weighted by Gasteiger charge is 2.23. The number of nitrogens with one attached hydrogen (secondary N) is 1. The zero-order chi connectivity index (χ0) is 22.0. The molecule has 2 saturated heterocycles. The monoisotopic (exact) mass is 440 g/mol. The van der Waals surface area contributed by atoms with E-state index in [1.54, 1.807) is 17.0 Å². The molecule has 6 nitrogen and oxygen atoms in total. The van der Waals surface area contributed by atoms with Crippen molar-refractivity contribution in [2.45, 2.75) is 32.7 Å². The molecule has 0 unspecified atom stereocenters. The number of rotatable bonds is 5. The smallest absolute Gasteiger partial charge is 0.255 e. The Labute approximate surface area is 188 Å². The Hall–Kier alpha value is -2.57. The summed E-state index contributed by atoms with van der Waals surface area (Å²) in [6.07, 6.45) is 1.41. The topological polar surface area (TPSA) is 55.9 Å². The number of hydrogen-bond acceptors (Lipinski definition) is 4. The number of nitrogens with zero attached hydrogens (tertiary/aromatic N) is 3. The van der Waals surface area contributed by atoms with Gasteiger partial charge in [-0.2, -0.15) is 0 Å². The molecule has 2 aliphatic rings. The second kappa shape index (κ2) is 9.28. The Morgan fingerprint density at radius 3 is 2.26 bits per heavy atom. The summed E-state index contributed by atoms with van der Waals surface area (Å²) in [6.45, 7) is 9.23. The van der Waals surface area contributed by atoms with E-state index in [0.717, 1.165) is 44.0 Å². The quantitative estimate of drug-likeness (QED) is 0.755. The largest absolute Gasteiger partial charge is 0.369 e. The number of piperazine rings is 1. The van der Waals surface area contributed by atoms with Crippen molar-refractivity contribution in [2.24, 2.45) is 0 Å². The fraction of sp³-hybridized carbons (Fsp3) is 0.417. The van der Waals surface area contributed by atoms with Gasteiger partial charge < -0.3 is 15.1 Å². The molecule has 2 aromatic carbocycles. The number of hydrogen-bond donors (Lipinski definition) is 1. The fourth-order valence-electron chi connectivity index (χ4n) is 4.21. The van der Waals surface area contributed by atoms with Crippen molar-refractivity contribution >= 4 is 40.5 Å². The molecule has 7 heteroatoms. The Bertz CT molecular complexity index is 953. The van der Waals surface area contributed by atoms with Crippen LogP contribution in [0.3, 0.4) is 0 Å². The lowest BCUT2D eigenvalue weighted by atomic mass is 10.1. The minimum atomic E-state index is -0.219. The molecule has 0 aliphatic carbocycles. The van der Waals surface area contributed by atoms with E-state index in [2.05, 4.69) is 29.0 Å². The molecule has 0 saturated carbocycles. The Morgan fingerprint density at radius 2 is 1.65 bits per heavy atom. The molecular weight excluding hydrogens is 412 g/mol. The van der Waals surface area contributed by atoms with Crippen LogP contribution in [-0.2, 0) is 4.79 Å². The summed E-state index contributed by atoms with van der Waals surface area (Å²) in [7, 11) is 0. The first-order valence-corrected chi connectivity index (χ1v) is 11.3. The summed E-state index contributed by atoms with van der Waals surface area (Å²) in [6, 6.07) is 13.6. The molecule has 4 rings (SSSR count). The van der Waals surface area contributed by atoms with Crippen LogP contribution in [-0.4, -0.2) is 55.5 Å². The predicted molar refractivity (Wildman–Crippen MR) is 126 cm³/mol. The molecule has 2 aromatic rings. The van der Waals surface area contributed by atoms with Crippen LogP contribution < -0.4 is 15.1 Å². The number of carbonyl (C=O) groups excluding carboxylic acids is 2. The van der Waals surface area contributed by atoms with Crippen molar-refractivity contribution < 1.29 is 9.59 Å². The second-order valence-corrected chi connectivity index (χ2v) is 8.84. The summed E-state index contributed by atoms with van der Waals surface area (Å²) >= 11 is 6.30. The number of halogens is 1. The Morgan fingerprint density at radius 1 is 0.968 bits per heavy atom. The highest BCUT2D eigenvalue weighted by molar-refractivity contribution is 6.34. The minimum absolute atomic E-state index is 0.101. The van der Waals surface area contributed by atoms with Crippen molar-refractivity contribution in [3.63, 3.8) is 0 Å². The Balaban J connectivity index is 1.42. The van der Waals surface area contributed by atoms with E-state index >= 15 is 0 Å². The molecule has 2 fully saturated rings. The van der Waals surface area contributed by atoms with Crippen molar-refractivity contribution in [3.05, 3.63) is 53.1 Å². The molecule has 1 N–H and O–H groups in total. The molecule has 2 aliphatic heterocycles. The van der Waals surface area contributed by atoms with E-state index in [9.17, 15) is 9.59 Å². The standard InChI is InChI=1S/C24H29ClN4O2/c1-17(2)27-12-14-28(15-13-27)19-7-5-18(6-8-19)24(31)26-22-16-20(9-10-21(22)25)29-11-3-4-23(29)30/h5-10,16-17H,3-4,11-15H2,1-2H3,(H,26,31). The highest BCUT2D eigenvalue weighted by atomic mass is 35.5. The zero-order valence-corrected chi connectivity index (χ0v) is 18.9. The second-order valence-electron chi connectivity index (χ2n) is 8.43. The minimum Gasteiger partial charge on any atom is -0.369 e. The number of carbonyl (C=O) groups is 2. The van der Waals surface area contributed by atoms with E-state index in [4.69, 9.17) is 11.6 Å². The fourth-order valence-corrected chi connectivity index (χ4v) is 4.38. The molecule has 0 aromatic heterocycles. The number of amides is 2. The van der Waals surface area contributed by atoms with Gasteiger partial charge in [0.25, 0.3) is 5.91 Å². The van der Waals surface area contributed by atoms with E-state index < -0.39 is 0 Å². The van der Waals surface area contributed by atoms with Crippen LogP contribution in [0.5, 0.6) is 0 Å². The van der Waals surface area contributed by atoms with Crippen LogP contribution in [0.2, 0.25) is 5.02 Å². The summed E-state index contributed by atoms with van der Waals surface area (Å²) in [5.41, 5.74) is 2.98. The number of anilines is 3. The zero-order valence-electron chi connectivity index (χ0n) is 18.1. The molecule has 0 bridgehead atoms. The third kappa shape index (κ3) is 4.86. The molecule has 0 radical (unpaired) electrons. The lowest BCUT2D eigenvalue weighted by Crippen LogP contribution is -2.48. The van der Waals surface area contributed by atoms with Gasteiger partial charge in [-0.15, -0.1) is 0 Å². The van der Waals surface area contributed by atoms with Crippen molar-refractivity contribution in [1.29, 1.82) is 0 Å². The molecule has 2 amide bonds. The summed E-state index contributed by atoms with van der Waals surface area (Å²) in [5.74, 6) is -0.118. The number of benzene rings is 2. The van der Waals surface area contributed by atoms with Gasteiger partial charge in [0.05, 0.1) is 10.7 Å². The van der Waals surface area contributed by atoms with Crippen molar-refractivity contribution in [2.75, 3.05) is 47.8 Å². The lowest BCUT2D eigenvalue weighted by Gasteiger charge is -2.38. The Kier molecular flexibility index (Phi) is 6.49. The highest BCUT2D eigenvalue weighted by Crippen LogP contribution is 2.30. The predicted octanol–water partition coefficient (Wildman–Crippen LogP) is 4.25. The normalized spacial score (nSPS) is 17.5. The van der Waals surface area contributed by atoms with E-state index in [0.29, 0.717) is 35.3 Å². The SMILES string of the molecule is CC(C)N1CCN(c2ccc(C(=O)Nc3cc(N4CCCC4=O)ccc3Cl)cc2)CC1. The maximum absolute atomic E-state index is 12.8. The van der Waals surface area contributed by atoms with Crippen LogP contribution in [0.1, 0.15) is 37.0 Å². The summed E-state index contributed by atoms with van der Waals surface area (Å²) < 4.78 is 0. The molecule has 31 heavy (non-hydrogen) atoms. The van der Waals surface area contributed by atoms with E-state index in [1.807, 2.05) is 30.3 Å². The summed E-state index contributed by atoms with van der Waals surface area (Å²) in [4.78, 5) is 31.4. The first-order chi connectivity index (χ1) is 14.9. The third-order valence-corrected chi connectivity index (χ3v) is 6.45. The summed E-state index contributed by atoms with van der Waals surface area (Å²) in [5, 5.41) is 3.34. The van der Waals surface area contributed by atoms with Gasteiger partial charge in [0.2, 0.25) is 5.91 Å². The van der Waals surface area contributed by atoms with Crippen LogP contribution >= 0.6 is 11.6 Å². The average Bonchev–Trinajstić information content (AvgIpc) is 3.21. The van der Waals surface area contributed by atoms with Gasteiger partial charge in [-0.05, 0) is 62.7 Å². The van der Waals surface area contributed by atoms with Gasteiger partial charge in [0.15, 0.2) is 0 Å². The van der Waals surface area contributed by atoms with E-state index in [1.165, 1.54) is 0 Å². The van der Waals surface area contributed by atoms with Gasteiger partial charge in [0, 0.05) is 62.1 Å². The van der Waals surface area contributed by atoms with Crippen LogP contribution in [0.25, 0.3) is 0 Å². The van der Waals surface area contributed by atoms with Gasteiger partial charge in [0.1, 0.15) is 0 Å². The molecule has 0 spiro atoms. The molecule has 164 valence electrons.